The summed E-state index contributed by atoms with van der Waals surface area (Å²) >= 11 is 0. The average Bonchev–Trinajstić information content (AvgIpc) is 3.23. The summed E-state index contributed by atoms with van der Waals surface area (Å²) in [6.07, 6.45) is 1.75. The van der Waals surface area contributed by atoms with Crippen molar-refractivity contribution in [3.8, 4) is 0 Å². The van der Waals surface area contributed by atoms with E-state index in [4.69, 9.17) is 4.42 Å². The molecule has 2 aromatic carbocycles. The van der Waals surface area contributed by atoms with Gasteiger partial charge >= 0.3 is 5.88 Å². The molecule has 1 atom stereocenters. The maximum absolute atomic E-state index is 12.9. The minimum absolute atomic E-state index is 0.0382. The normalized spacial score (nSPS) is 17.5. The second-order valence-corrected chi connectivity index (χ2v) is 7.76. The quantitative estimate of drug-likeness (QED) is 0.340. The van der Waals surface area contributed by atoms with Crippen molar-refractivity contribution >= 4 is 28.8 Å². The monoisotopic (exact) mass is 429 g/mol. The van der Waals surface area contributed by atoms with Crippen molar-refractivity contribution in [3.05, 3.63) is 98.9 Å². The van der Waals surface area contributed by atoms with Crippen LogP contribution in [0.3, 0.4) is 0 Å². The molecule has 0 spiro atoms. The molecule has 1 unspecified atom stereocenters. The third kappa shape index (κ3) is 3.45. The summed E-state index contributed by atoms with van der Waals surface area (Å²) in [7, 11) is 0. The first-order chi connectivity index (χ1) is 15.5. The number of Topliss-reactive ketones (excluding diaryl/α,β-unsaturated/α-hetero) is 1. The summed E-state index contributed by atoms with van der Waals surface area (Å²) in [6.45, 7) is 0. The maximum atomic E-state index is 12.9. The fourth-order valence-electron chi connectivity index (χ4n) is 4.20. The number of allylic oxidation sites excluding steroid dienone is 1. The second kappa shape index (κ2) is 7.81. The van der Waals surface area contributed by atoms with E-state index in [9.17, 15) is 19.7 Å². The van der Waals surface area contributed by atoms with E-state index >= 15 is 0 Å². The Labute approximate surface area is 183 Å². The predicted octanol–water partition coefficient (Wildman–Crippen LogP) is 5.00. The molecular weight excluding hydrogens is 410 g/mol. The Hall–Kier alpha value is -4.20. The zero-order valence-corrected chi connectivity index (χ0v) is 17.0. The van der Waals surface area contributed by atoms with Crippen LogP contribution in [0.5, 0.6) is 0 Å². The van der Waals surface area contributed by atoms with Gasteiger partial charge in [-0.15, -0.1) is 0 Å². The molecule has 0 saturated heterocycles. The molecule has 0 radical (unpaired) electrons. The zero-order chi connectivity index (χ0) is 22.2. The highest BCUT2D eigenvalue weighted by Gasteiger charge is 2.34. The molecule has 3 aromatic rings. The molecule has 8 nitrogen and oxygen atoms in total. The Kier molecular flexibility index (Phi) is 4.82. The van der Waals surface area contributed by atoms with E-state index in [2.05, 4.69) is 10.6 Å². The highest BCUT2D eigenvalue weighted by molar-refractivity contribution is 6.10. The Morgan fingerprint density at radius 1 is 1.00 bits per heavy atom. The van der Waals surface area contributed by atoms with Crippen molar-refractivity contribution in [1.82, 2.24) is 0 Å². The van der Waals surface area contributed by atoms with Crippen LogP contribution in [0, 0.1) is 10.1 Å². The van der Waals surface area contributed by atoms with Gasteiger partial charge in [-0.25, -0.2) is 0 Å². The Morgan fingerprint density at radius 2 is 1.81 bits per heavy atom. The standard InChI is InChI=1S/C24H19N3O5/c28-19-8-4-7-17-22(19)23(20-11-12-21(32-20)27(30)31)26-16-10-9-15(13-18(16)25-17)24(29)14-5-2-1-3-6-14/h1-3,5-6,9-13,23,25-26H,4,7-8H2. The molecule has 0 amide bonds. The second-order valence-electron chi connectivity index (χ2n) is 7.76. The average molecular weight is 429 g/mol. The van der Waals surface area contributed by atoms with Gasteiger partial charge in [0.1, 0.15) is 16.7 Å². The van der Waals surface area contributed by atoms with Crippen LogP contribution in [0.1, 0.15) is 47.0 Å². The van der Waals surface area contributed by atoms with E-state index in [0.29, 0.717) is 53.1 Å². The highest BCUT2D eigenvalue weighted by atomic mass is 16.6. The number of anilines is 2. The summed E-state index contributed by atoms with van der Waals surface area (Å²) in [5, 5.41) is 17.7. The van der Waals surface area contributed by atoms with Crippen molar-refractivity contribution in [2.75, 3.05) is 10.6 Å². The first-order valence-electron chi connectivity index (χ1n) is 10.3. The summed E-state index contributed by atoms with van der Waals surface area (Å²) in [5.41, 5.74) is 3.68. The lowest BCUT2D eigenvalue weighted by atomic mass is 9.89. The number of benzene rings is 2. The topological polar surface area (TPSA) is 114 Å². The van der Waals surface area contributed by atoms with E-state index in [0.717, 1.165) is 5.70 Å². The molecule has 5 rings (SSSR count). The molecule has 0 bridgehead atoms. The number of nitro groups is 1. The van der Waals surface area contributed by atoms with Gasteiger partial charge in [-0.3, -0.25) is 19.7 Å². The number of carbonyl (C=O) groups is 2. The number of hydrogen-bond donors (Lipinski definition) is 2. The minimum atomic E-state index is -0.670. The Bertz CT molecular complexity index is 1280. The van der Waals surface area contributed by atoms with Crippen molar-refractivity contribution < 1.29 is 18.9 Å². The molecule has 0 saturated carbocycles. The van der Waals surface area contributed by atoms with E-state index in [-0.39, 0.29) is 17.5 Å². The SMILES string of the molecule is O=C1CCCC2=C1C(c1ccc([N+](=O)[O-])o1)Nc1ccc(C(=O)c3ccccc3)cc1N2. The number of furan rings is 1. The molecule has 1 aliphatic carbocycles. The molecule has 2 heterocycles. The summed E-state index contributed by atoms with van der Waals surface area (Å²) < 4.78 is 5.44. The van der Waals surface area contributed by atoms with Crippen LogP contribution >= 0.6 is 0 Å². The van der Waals surface area contributed by atoms with Crippen LogP contribution in [0.2, 0.25) is 0 Å². The number of ketones is 2. The third-order valence-electron chi connectivity index (χ3n) is 5.73. The number of carbonyl (C=O) groups excluding carboxylic acids is 2. The van der Waals surface area contributed by atoms with Crippen molar-refractivity contribution in [1.29, 1.82) is 0 Å². The summed E-state index contributed by atoms with van der Waals surface area (Å²) in [5.74, 6) is -0.234. The maximum Gasteiger partial charge on any atom is 0.433 e. The first kappa shape index (κ1) is 19.7. The fourth-order valence-corrected chi connectivity index (χ4v) is 4.20. The lowest BCUT2D eigenvalue weighted by Gasteiger charge is -2.23. The van der Waals surface area contributed by atoms with Gasteiger partial charge < -0.3 is 15.1 Å². The molecule has 1 aromatic heterocycles. The van der Waals surface area contributed by atoms with Gasteiger partial charge in [-0.05, 0) is 37.1 Å². The van der Waals surface area contributed by atoms with Gasteiger partial charge in [-0.1, -0.05) is 30.3 Å². The third-order valence-corrected chi connectivity index (χ3v) is 5.73. The Morgan fingerprint density at radius 3 is 2.56 bits per heavy atom. The number of nitrogens with one attached hydrogen (secondary N) is 2. The van der Waals surface area contributed by atoms with Gasteiger partial charge in [0.25, 0.3) is 0 Å². The van der Waals surface area contributed by atoms with Crippen molar-refractivity contribution in [2.24, 2.45) is 0 Å². The van der Waals surface area contributed by atoms with Crippen LogP contribution in [-0.2, 0) is 4.79 Å². The zero-order valence-electron chi connectivity index (χ0n) is 17.0. The minimum Gasteiger partial charge on any atom is -0.403 e. The highest BCUT2D eigenvalue weighted by Crippen LogP contribution is 2.41. The van der Waals surface area contributed by atoms with Gasteiger partial charge in [0, 0.05) is 28.8 Å². The van der Waals surface area contributed by atoms with Crippen LogP contribution in [0.4, 0.5) is 17.3 Å². The van der Waals surface area contributed by atoms with Crippen LogP contribution < -0.4 is 10.6 Å². The number of nitrogens with zero attached hydrogens (tertiary/aromatic N) is 1. The number of fused-ring (bicyclic) bond motifs is 1. The van der Waals surface area contributed by atoms with Crippen LogP contribution in [0.25, 0.3) is 0 Å². The fraction of sp³-hybridized carbons (Fsp3) is 0.167. The van der Waals surface area contributed by atoms with E-state index in [1.807, 2.05) is 18.2 Å². The molecule has 32 heavy (non-hydrogen) atoms. The molecule has 160 valence electrons. The van der Waals surface area contributed by atoms with Crippen LogP contribution in [-0.4, -0.2) is 16.5 Å². The van der Waals surface area contributed by atoms with Gasteiger partial charge in [0.15, 0.2) is 11.6 Å². The number of rotatable bonds is 4. The molecule has 0 fully saturated rings. The van der Waals surface area contributed by atoms with E-state index in [1.165, 1.54) is 12.1 Å². The first-order valence-corrected chi connectivity index (χ1v) is 10.3. The summed E-state index contributed by atoms with van der Waals surface area (Å²) in [4.78, 5) is 36.3. The molecule has 2 N–H and O–H groups in total. The van der Waals surface area contributed by atoms with E-state index < -0.39 is 11.0 Å². The number of hydrogen-bond acceptors (Lipinski definition) is 7. The van der Waals surface area contributed by atoms with E-state index in [1.54, 1.807) is 30.3 Å². The predicted molar refractivity (Wildman–Crippen MR) is 118 cm³/mol. The lowest BCUT2D eigenvalue weighted by Crippen LogP contribution is -2.23. The molecule has 8 heteroatoms. The molecule has 1 aliphatic heterocycles. The van der Waals surface area contributed by atoms with Crippen molar-refractivity contribution in [2.45, 2.75) is 25.3 Å². The largest absolute Gasteiger partial charge is 0.433 e. The summed E-state index contributed by atoms with van der Waals surface area (Å²) in [6, 6.07) is 16.4. The lowest BCUT2D eigenvalue weighted by molar-refractivity contribution is -0.402. The Balaban J connectivity index is 1.57. The van der Waals surface area contributed by atoms with Gasteiger partial charge in [0.2, 0.25) is 0 Å². The molecule has 2 aliphatic rings. The molecular formula is C24H19N3O5. The van der Waals surface area contributed by atoms with Crippen LogP contribution in [0.15, 0.2) is 76.4 Å². The van der Waals surface area contributed by atoms with Gasteiger partial charge in [-0.2, -0.15) is 0 Å². The van der Waals surface area contributed by atoms with Crippen molar-refractivity contribution in [3.63, 3.8) is 0 Å². The smallest absolute Gasteiger partial charge is 0.403 e. The van der Waals surface area contributed by atoms with Gasteiger partial charge in [0.05, 0.1) is 17.4 Å².